The van der Waals surface area contributed by atoms with Crippen molar-refractivity contribution in [3.8, 4) is 0 Å². The first-order valence-corrected chi connectivity index (χ1v) is 6.01. The molecule has 0 spiro atoms. The average molecular weight is 238 g/mol. The van der Waals surface area contributed by atoms with Crippen LogP contribution in [0.2, 0.25) is 0 Å². The highest BCUT2D eigenvalue weighted by Gasteiger charge is 2.33. The van der Waals surface area contributed by atoms with Crippen LogP contribution in [0.15, 0.2) is 60.7 Å². The van der Waals surface area contributed by atoms with Crippen LogP contribution in [0.5, 0.6) is 0 Å². The third kappa shape index (κ3) is 1.95. The van der Waals surface area contributed by atoms with Gasteiger partial charge in [0.05, 0.1) is 12.1 Å². The second-order valence-electron chi connectivity index (χ2n) is 4.39. The van der Waals surface area contributed by atoms with Crippen LogP contribution in [-0.4, -0.2) is 6.03 Å². The van der Waals surface area contributed by atoms with Crippen molar-refractivity contribution in [3.63, 3.8) is 0 Å². The van der Waals surface area contributed by atoms with Gasteiger partial charge in [0.25, 0.3) is 0 Å². The number of hydrogen-bond donors (Lipinski definition) is 2. The predicted molar refractivity (Wildman–Crippen MR) is 70.0 cm³/mol. The molecule has 3 nitrogen and oxygen atoms in total. The SMILES string of the molecule is O=C1N[C@H](c2ccccc2)[C@@H](c2ccccc2)N1. The number of rotatable bonds is 2. The first-order valence-electron chi connectivity index (χ1n) is 6.01. The van der Waals surface area contributed by atoms with E-state index in [1.165, 1.54) is 0 Å². The van der Waals surface area contributed by atoms with Gasteiger partial charge in [-0.05, 0) is 11.1 Å². The number of benzene rings is 2. The minimum Gasteiger partial charge on any atom is -0.329 e. The van der Waals surface area contributed by atoms with Crippen molar-refractivity contribution in [3.05, 3.63) is 71.8 Å². The van der Waals surface area contributed by atoms with Gasteiger partial charge in [-0.3, -0.25) is 0 Å². The van der Waals surface area contributed by atoms with Gasteiger partial charge in [-0.15, -0.1) is 0 Å². The summed E-state index contributed by atoms with van der Waals surface area (Å²) < 4.78 is 0. The molecule has 1 fully saturated rings. The Bertz CT molecular complexity index is 489. The van der Waals surface area contributed by atoms with Crippen LogP contribution >= 0.6 is 0 Å². The molecule has 3 rings (SSSR count). The fourth-order valence-corrected chi connectivity index (χ4v) is 2.36. The normalized spacial score (nSPS) is 22.3. The molecule has 18 heavy (non-hydrogen) atoms. The molecule has 2 N–H and O–H groups in total. The lowest BCUT2D eigenvalue weighted by Crippen LogP contribution is -2.21. The molecule has 1 heterocycles. The van der Waals surface area contributed by atoms with E-state index in [4.69, 9.17) is 0 Å². The number of carbonyl (C=O) groups is 1. The minimum atomic E-state index is -0.113. The number of urea groups is 1. The Morgan fingerprint density at radius 3 is 1.44 bits per heavy atom. The Hall–Kier alpha value is -2.29. The van der Waals surface area contributed by atoms with Gasteiger partial charge in [-0.1, -0.05) is 60.7 Å². The average Bonchev–Trinajstić information content (AvgIpc) is 2.83. The summed E-state index contributed by atoms with van der Waals surface area (Å²) in [5.41, 5.74) is 2.23. The molecule has 2 amide bonds. The molecular formula is C15H14N2O. The Labute approximate surface area is 106 Å². The quantitative estimate of drug-likeness (QED) is 0.830. The van der Waals surface area contributed by atoms with E-state index in [0.29, 0.717) is 0 Å². The lowest BCUT2D eigenvalue weighted by atomic mass is 9.95. The molecule has 3 heteroatoms. The number of amides is 2. The standard InChI is InChI=1S/C15H14N2O/c18-15-16-13(11-7-3-1-4-8-11)14(17-15)12-9-5-2-6-10-12/h1-10,13-14H,(H2,16,17,18)/t13-,14-/m1/s1. The summed E-state index contributed by atoms with van der Waals surface area (Å²) in [5.74, 6) is 0. The molecule has 90 valence electrons. The van der Waals surface area contributed by atoms with E-state index in [0.717, 1.165) is 11.1 Å². The Kier molecular flexibility index (Phi) is 2.73. The van der Waals surface area contributed by atoms with Crippen LogP contribution in [0.4, 0.5) is 4.79 Å². The second-order valence-corrected chi connectivity index (χ2v) is 4.39. The van der Waals surface area contributed by atoms with Crippen molar-refractivity contribution >= 4 is 6.03 Å². The summed E-state index contributed by atoms with van der Waals surface area (Å²) in [5, 5.41) is 5.94. The molecule has 0 saturated carbocycles. The maximum absolute atomic E-state index is 11.6. The summed E-state index contributed by atoms with van der Waals surface area (Å²) in [4.78, 5) is 11.6. The summed E-state index contributed by atoms with van der Waals surface area (Å²) in [6.07, 6.45) is 0. The van der Waals surface area contributed by atoms with E-state index in [1.54, 1.807) is 0 Å². The Morgan fingerprint density at radius 1 is 0.667 bits per heavy atom. The first-order chi connectivity index (χ1) is 8.84. The van der Waals surface area contributed by atoms with E-state index in [9.17, 15) is 4.79 Å². The van der Waals surface area contributed by atoms with Crippen molar-refractivity contribution < 1.29 is 4.79 Å². The number of nitrogens with one attached hydrogen (secondary N) is 2. The zero-order valence-electron chi connectivity index (χ0n) is 9.84. The molecule has 0 unspecified atom stereocenters. The van der Waals surface area contributed by atoms with Crippen LogP contribution in [0.3, 0.4) is 0 Å². The van der Waals surface area contributed by atoms with Crippen LogP contribution < -0.4 is 10.6 Å². The molecule has 2 aromatic carbocycles. The van der Waals surface area contributed by atoms with Gasteiger partial charge in [0, 0.05) is 0 Å². The fourth-order valence-electron chi connectivity index (χ4n) is 2.36. The summed E-state index contributed by atoms with van der Waals surface area (Å²) in [7, 11) is 0. The smallest absolute Gasteiger partial charge is 0.315 e. The lowest BCUT2D eigenvalue weighted by Gasteiger charge is -2.19. The van der Waals surface area contributed by atoms with Gasteiger partial charge in [-0.25, -0.2) is 4.79 Å². The summed E-state index contributed by atoms with van der Waals surface area (Å²) in [6, 6.07) is 19.9. The Morgan fingerprint density at radius 2 is 1.06 bits per heavy atom. The van der Waals surface area contributed by atoms with Gasteiger partial charge in [0.2, 0.25) is 0 Å². The molecule has 1 saturated heterocycles. The van der Waals surface area contributed by atoms with Gasteiger partial charge in [-0.2, -0.15) is 0 Å². The van der Waals surface area contributed by atoms with Crippen molar-refractivity contribution in [1.82, 2.24) is 10.6 Å². The monoisotopic (exact) mass is 238 g/mol. The van der Waals surface area contributed by atoms with E-state index in [1.807, 2.05) is 60.7 Å². The van der Waals surface area contributed by atoms with Crippen LogP contribution in [-0.2, 0) is 0 Å². The van der Waals surface area contributed by atoms with Crippen LogP contribution in [0, 0.1) is 0 Å². The molecule has 0 bridgehead atoms. The number of carbonyl (C=O) groups excluding carboxylic acids is 1. The summed E-state index contributed by atoms with van der Waals surface area (Å²) >= 11 is 0. The Balaban J connectivity index is 1.96. The van der Waals surface area contributed by atoms with E-state index < -0.39 is 0 Å². The molecule has 2 atom stereocenters. The molecule has 0 aromatic heterocycles. The zero-order chi connectivity index (χ0) is 12.4. The van der Waals surface area contributed by atoms with E-state index in [-0.39, 0.29) is 18.1 Å². The summed E-state index contributed by atoms with van der Waals surface area (Å²) in [6.45, 7) is 0. The van der Waals surface area contributed by atoms with E-state index >= 15 is 0 Å². The van der Waals surface area contributed by atoms with Gasteiger partial charge < -0.3 is 10.6 Å². The van der Waals surface area contributed by atoms with E-state index in [2.05, 4.69) is 10.6 Å². The molecule has 2 aromatic rings. The zero-order valence-corrected chi connectivity index (χ0v) is 9.84. The van der Waals surface area contributed by atoms with Crippen molar-refractivity contribution in [2.45, 2.75) is 12.1 Å². The highest BCUT2D eigenvalue weighted by atomic mass is 16.2. The second kappa shape index (κ2) is 4.53. The largest absolute Gasteiger partial charge is 0.329 e. The van der Waals surface area contributed by atoms with Crippen molar-refractivity contribution in [1.29, 1.82) is 0 Å². The maximum atomic E-state index is 11.6. The highest BCUT2D eigenvalue weighted by Crippen LogP contribution is 2.31. The molecule has 0 aliphatic carbocycles. The van der Waals surface area contributed by atoms with Crippen molar-refractivity contribution in [2.24, 2.45) is 0 Å². The lowest BCUT2D eigenvalue weighted by molar-refractivity contribution is 0.247. The van der Waals surface area contributed by atoms with Gasteiger partial charge in [0.1, 0.15) is 0 Å². The molecular weight excluding hydrogens is 224 g/mol. The van der Waals surface area contributed by atoms with Crippen LogP contribution in [0.25, 0.3) is 0 Å². The number of hydrogen-bond acceptors (Lipinski definition) is 1. The van der Waals surface area contributed by atoms with Crippen LogP contribution in [0.1, 0.15) is 23.2 Å². The van der Waals surface area contributed by atoms with Gasteiger partial charge >= 0.3 is 6.03 Å². The minimum absolute atomic E-state index is 0.0129. The van der Waals surface area contributed by atoms with Gasteiger partial charge in [0.15, 0.2) is 0 Å². The molecule has 0 radical (unpaired) electrons. The fraction of sp³-hybridized carbons (Fsp3) is 0.133. The third-order valence-corrected chi connectivity index (χ3v) is 3.22. The topological polar surface area (TPSA) is 41.1 Å². The maximum Gasteiger partial charge on any atom is 0.315 e. The molecule has 1 aliphatic heterocycles. The highest BCUT2D eigenvalue weighted by molar-refractivity contribution is 5.78. The third-order valence-electron chi connectivity index (χ3n) is 3.22. The molecule has 1 aliphatic rings. The first kappa shape index (κ1) is 10.8. The predicted octanol–water partition coefficient (Wildman–Crippen LogP) is 2.78. The van der Waals surface area contributed by atoms with Crippen molar-refractivity contribution in [2.75, 3.05) is 0 Å².